The monoisotopic (exact) mass is 287 g/mol. The molecule has 2 aromatic rings. The van der Waals surface area contributed by atoms with Crippen molar-refractivity contribution in [2.24, 2.45) is 7.05 Å². The molecule has 5 nitrogen and oxygen atoms in total. The molecule has 1 amide bonds. The van der Waals surface area contributed by atoms with Crippen molar-refractivity contribution in [3.8, 4) is 5.75 Å². The van der Waals surface area contributed by atoms with Gasteiger partial charge in [-0.25, -0.2) is 0 Å². The smallest absolute Gasteiger partial charge is 0.270 e. The van der Waals surface area contributed by atoms with Gasteiger partial charge in [-0.05, 0) is 25.2 Å². The predicted octanol–water partition coefficient (Wildman–Crippen LogP) is 1.57. The summed E-state index contributed by atoms with van der Waals surface area (Å²) >= 11 is 0. The van der Waals surface area contributed by atoms with Crippen LogP contribution in [0.2, 0.25) is 0 Å². The fraction of sp³-hybridized carbons (Fsp3) is 0.438. The highest BCUT2D eigenvalue weighted by atomic mass is 16.5. The fourth-order valence-electron chi connectivity index (χ4n) is 2.81. The molecule has 21 heavy (non-hydrogen) atoms. The number of likely N-dealkylation sites (N-methyl/N-ethyl adjacent to an activating group) is 1. The Labute approximate surface area is 124 Å². The Kier molecular flexibility index (Phi) is 3.59. The molecule has 1 aromatic carbocycles. The number of fused-ring (bicyclic) bond motifs is 1. The molecule has 1 aliphatic rings. The summed E-state index contributed by atoms with van der Waals surface area (Å²) in [6.07, 6.45) is 0. The molecular weight excluding hydrogens is 266 g/mol. The molecule has 1 fully saturated rings. The minimum absolute atomic E-state index is 0.112. The molecule has 2 heterocycles. The summed E-state index contributed by atoms with van der Waals surface area (Å²) < 4.78 is 7.22. The van der Waals surface area contributed by atoms with Crippen LogP contribution in [0, 0.1) is 0 Å². The van der Waals surface area contributed by atoms with Gasteiger partial charge in [0, 0.05) is 44.7 Å². The summed E-state index contributed by atoms with van der Waals surface area (Å²) in [7, 11) is 5.68. The summed E-state index contributed by atoms with van der Waals surface area (Å²) in [6.45, 7) is 3.45. The summed E-state index contributed by atoms with van der Waals surface area (Å²) in [4.78, 5) is 16.9. The number of methoxy groups -OCH3 is 1. The van der Waals surface area contributed by atoms with E-state index in [9.17, 15) is 4.79 Å². The van der Waals surface area contributed by atoms with E-state index in [1.54, 1.807) is 7.11 Å². The van der Waals surface area contributed by atoms with Crippen LogP contribution in [-0.4, -0.2) is 60.6 Å². The van der Waals surface area contributed by atoms with E-state index in [0.29, 0.717) is 0 Å². The van der Waals surface area contributed by atoms with Crippen molar-refractivity contribution in [1.29, 1.82) is 0 Å². The molecule has 0 unspecified atom stereocenters. The predicted molar refractivity (Wildman–Crippen MR) is 82.9 cm³/mol. The zero-order valence-corrected chi connectivity index (χ0v) is 12.8. The SMILES string of the molecule is COc1ccc2cc(C(=O)N3CCN(C)CC3)n(C)c2c1. The van der Waals surface area contributed by atoms with Crippen molar-refractivity contribution in [2.45, 2.75) is 0 Å². The lowest BCUT2D eigenvalue weighted by molar-refractivity contribution is 0.0655. The number of aromatic nitrogens is 1. The summed E-state index contributed by atoms with van der Waals surface area (Å²) in [5, 5.41) is 1.07. The van der Waals surface area contributed by atoms with E-state index in [0.717, 1.165) is 48.5 Å². The summed E-state index contributed by atoms with van der Waals surface area (Å²) in [5.74, 6) is 0.920. The molecule has 0 spiro atoms. The minimum Gasteiger partial charge on any atom is -0.497 e. The summed E-state index contributed by atoms with van der Waals surface area (Å²) in [6, 6.07) is 7.85. The van der Waals surface area contributed by atoms with Gasteiger partial charge >= 0.3 is 0 Å². The number of ether oxygens (including phenoxy) is 1. The Morgan fingerprint density at radius 2 is 1.81 bits per heavy atom. The van der Waals surface area contributed by atoms with Gasteiger partial charge in [-0.15, -0.1) is 0 Å². The molecule has 0 bridgehead atoms. The van der Waals surface area contributed by atoms with E-state index < -0.39 is 0 Å². The number of benzene rings is 1. The van der Waals surface area contributed by atoms with E-state index in [1.807, 2.05) is 40.8 Å². The van der Waals surface area contributed by atoms with Gasteiger partial charge in [-0.2, -0.15) is 0 Å². The lowest BCUT2D eigenvalue weighted by atomic mass is 10.2. The average molecular weight is 287 g/mol. The minimum atomic E-state index is 0.112. The first kappa shape index (κ1) is 13.9. The first-order chi connectivity index (χ1) is 10.1. The average Bonchev–Trinajstić information content (AvgIpc) is 2.84. The van der Waals surface area contributed by atoms with Crippen molar-refractivity contribution in [3.05, 3.63) is 30.0 Å². The largest absolute Gasteiger partial charge is 0.497 e. The van der Waals surface area contributed by atoms with Crippen LogP contribution in [0.1, 0.15) is 10.5 Å². The van der Waals surface area contributed by atoms with E-state index in [1.165, 1.54) is 0 Å². The van der Waals surface area contributed by atoms with Crippen LogP contribution >= 0.6 is 0 Å². The van der Waals surface area contributed by atoms with E-state index in [2.05, 4.69) is 11.9 Å². The topological polar surface area (TPSA) is 37.7 Å². The highest BCUT2D eigenvalue weighted by Gasteiger charge is 2.23. The van der Waals surface area contributed by atoms with Gasteiger partial charge in [0.05, 0.1) is 12.6 Å². The number of carbonyl (C=O) groups excluding carboxylic acids is 1. The standard InChI is InChI=1S/C16H21N3O2/c1-17-6-8-19(9-7-17)16(20)15-10-12-4-5-13(21-3)11-14(12)18(15)2/h4-5,10-11H,6-9H2,1-3H3. The second-order valence-corrected chi connectivity index (χ2v) is 5.61. The lowest BCUT2D eigenvalue weighted by Crippen LogP contribution is -2.47. The number of rotatable bonds is 2. The maximum Gasteiger partial charge on any atom is 0.270 e. The molecular formula is C16H21N3O2. The molecule has 3 rings (SSSR count). The number of hydrogen-bond donors (Lipinski definition) is 0. The molecule has 0 saturated carbocycles. The van der Waals surface area contributed by atoms with Crippen molar-refractivity contribution < 1.29 is 9.53 Å². The van der Waals surface area contributed by atoms with E-state index in [4.69, 9.17) is 4.74 Å². The quantitative estimate of drug-likeness (QED) is 0.841. The number of aryl methyl sites for hydroxylation is 1. The van der Waals surface area contributed by atoms with Crippen LogP contribution < -0.4 is 4.74 Å². The van der Waals surface area contributed by atoms with Crippen LogP contribution in [0.5, 0.6) is 5.75 Å². The lowest BCUT2D eigenvalue weighted by Gasteiger charge is -2.32. The number of hydrogen-bond acceptors (Lipinski definition) is 3. The zero-order chi connectivity index (χ0) is 15.0. The molecule has 0 radical (unpaired) electrons. The molecule has 1 saturated heterocycles. The fourth-order valence-corrected chi connectivity index (χ4v) is 2.81. The van der Waals surface area contributed by atoms with E-state index >= 15 is 0 Å². The molecule has 5 heteroatoms. The van der Waals surface area contributed by atoms with Crippen LogP contribution in [0.3, 0.4) is 0 Å². The maximum absolute atomic E-state index is 12.7. The number of amides is 1. The Bertz CT molecular complexity index is 669. The van der Waals surface area contributed by atoms with Gasteiger partial charge < -0.3 is 19.1 Å². The molecule has 1 aliphatic heterocycles. The third-order valence-electron chi connectivity index (χ3n) is 4.26. The van der Waals surface area contributed by atoms with Gasteiger partial charge in [0.25, 0.3) is 5.91 Å². The molecule has 0 atom stereocenters. The van der Waals surface area contributed by atoms with Gasteiger partial charge in [-0.3, -0.25) is 4.79 Å². The Balaban J connectivity index is 1.93. The molecule has 1 aromatic heterocycles. The Hall–Kier alpha value is -2.01. The van der Waals surface area contributed by atoms with Crippen molar-refractivity contribution in [1.82, 2.24) is 14.4 Å². The second kappa shape index (κ2) is 5.41. The number of nitrogens with zero attached hydrogens (tertiary/aromatic N) is 3. The number of carbonyl (C=O) groups is 1. The van der Waals surface area contributed by atoms with Crippen LogP contribution in [0.4, 0.5) is 0 Å². The van der Waals surface area contributed by atoms with Gasteiger partial charge in [0.2, 0.25) is 0 Å². The summed E-state index contributed by atoms with van der Waals surface area (Å²) in [5.41, 5.74) is 1.76. The highest BCUT2D eigenvalue weighted by molar-refractivity contribution is 5.99. The first-order valence-corrected chi connectivity index (χ1v) is 7.21. The third-order valence-corrected chi connectivity index (χ3v) is 4.26. The van der Waals surface area contributed by atoms with E-state index in [-0.39, 0.29) is 5.91 Å². The molecule has 0 N–H and O–H groups in total. The normalized spacial score (nSPS) is 16.4. The molecule has 0 aliphatic carbocycles. The Morgan fingerprint density at radius 1 is 1.10 bits per heavy atom. The maximum atomic E-state index is 12.7. The van der Waals surface area contributed by atoms with Crippen LogP contribution in [0.25, 0.3) is 10.9 Å². The van der Waals surface area contributed by atoms with Crippen LogP contribution in [-0.2, 0) is 7.05 Å². The van der Waals surface area contributed by atoms with Crippen molar-refractivity contribution in [3.63, 3.8) is 0 Å². The zero-order valence-electron chi connectivity index (χ0n) is 12.8. The third kappa shape index (κ3) is 2.49. The van der Waals surface area contributed by atoms with Gasteiger partial charge in [0.1, 0.15) is 11.4 Å². The highest BCUT2D eigenvalue weighted by Crippen LogP contribution is 2.24. The van der Waals surface area contributed by atoms with Crippen molar-refractivity contribution in [2.75, 3.05) is 40.3 Å². The molecule has 112 valence electrons. The first-order valence-electron chi connectivity index (χ1n) is 7.21. The van der Waals surface area contributed by atoms with Crippen molar-refractivity contribution >= 4 is 16.8 Å². The number of piperazine rings is 1. The Morgan fingerprint density at radius 3 is 2.48 bits per heavy atom. The second-order valence-electron chi connectivity index (χ2n) is 5.61. The van der Waals surface area contributed by atoms with Crippen LogP contribution in [0.15, 0.2) is 24.3 Å². The van der Waals surface area contributed by atoms with Gasteiger partial charge in [0.15, 0.2) is 0 Å². The van der Waals surface area contributed by atoms with Gasteiger partial charge in [-0.1, -0.05) is 0 Å².